The number of benzene rings is 2. The number of piperidine rings is 1. The molecule has 1 saturated carbocycles. The molecule has 0 N–H and O–H groups in total. The lowest BCUT2D eigenvalue weighted by atomic mass is 9.65. The number of aldehydes is 1. The van der Waals surface area contributed by atoms with Crippen LogP contribution in [0.3, 0.4) is 0 Å². The van der Waals surface area contributed by atoms with E-state index in [1.54, 1.807) is 0 Å². The van der Waals surface area contributed by atoms with Crippen LogP contribution in [-0.4, -0.2) is 37.4 Å². The molecule has 0 amide bonds. The quantitative estimate of drug-likeness (QED) is 0.523. The van der Waals surface area contributed by atoms with E-state index in [-0.39, 0.29) is 11.5 Å². The standard InChI is InChI=1S/C13H16F3NO.C13H16O/c1-17-8-2-3-12(9-17)18-11-6-4-10(5-7-11)13(14,15)16;1-2-11-4-6-12(7-5-11)13(10-14)8-3-9-13/h4-7,12H,2-3,8-9H2,1H3;4-7,10H,2-3,8-9H2,1H3. The van der Waals surface area contributed by atoms with Gasteiger partial charge >= 0.3 is 6.18 Å². The van der Waals surface area contributed by atoms with Crippen molar-refractivity contribution in [2.75, 3.05) is 20.1 Å². The number of rotatable bonds is 5. The molecule has 0 spiro atoms. The van der Waals surface area contributed by atoms with Gasteiger partial charge in [-0.2, -0.15) is 13.2 Å². The molecule has 3 nitrogen and oxygen atoms in total. The molecule has 2 aromatic carbocycles. The van der Waals surface area contributed by atoms with Crippen LogP contribution in [0.15, 0.2) is 48.5 Å². The van der Waals surface area contributed by atoms with Crippen molar-refractivity contribution in [2.24, 2.45) is 0 Å². The van der Waals surface area contributed by atoms with E-state index in [1.807, 2.05) is 7.05 Å². The van der Waals surface area contributed by atoms with Gasteiger partial charge in [-0.25, -0.2) is 0 Å². The highest BCUT2D eigenvalue weighted by atomic mass is 19.4. The second-order valence-corrected chi connectivity index (χ2v) is 8.84. The molecule has 1 heterocycles. The molecule has 0 bridgehead atoms. The molecule has 2 aliphatic rings. The maximum Gasteiger partial charge on any atom is 0.416 e. The van der Waals surface area contributed by atoms with Crippen LogP contribution >= 0.6 is 0 Å². The average Bonchev–Trinajstić information content (AvgIpc) is 2.74. The molecule has 6 heteroatoms. The van der Waals surface area contributed by atoms with Gasteiger partial charge in [0.2, 0.25) is 0 Å². The number of halogens is 3. The summed E-state index contributed by atoms with van der Waals surface area (Å²) >= 11 is 0. The molecular weight excluding hydrogens is 415 g/mol. The topological polar surface area (TPSA) is 29.5 Å². The van der Waals surface area contributed by atoms with E-state index in [2.05, 4.69) is 36.1 Å². The van der Waals surface area contributed by atoms with Gasteiger partial charge in [0.15, 0.2) is 0 Å². The number of likely N-dealkylation sites (tertiary alicyclic amines) is 1. The lowest BCUT2D eigenvalue weighted by Crippen LogP contribution is -2.38. The van der Waals surface area contributed by atoms with Gasteiger partial charge in [0.1, 0.15) is 18.1 Å². The minimum atomic E-state index is -4.29. The maximum atomic E-state index is 12.4. The lowest BCUT2D eigenvalue weighted by Gasteiger charge is -2.37. The number of hydrogen-bond acceptors (Lipinski definition) is 3. The van der Waals surface area contributed by atoms with E-state index >= 15 is 0 Å². The van der Waals surface area contributed by atoms with Crippen LogP contribution in [0.4, 0.5) is 13.2 Å². The Hall–Kier alpha value is -2.34. The van der Waals surface area contributed by atoms with Crippen LogP contribution in [0.25, 0.3) is 0 Å². The first kappa shape index (κ1) is 24.3. The Balaban J connectivity index is 0.000000186. The van der Waals surface area contributed by atoms with E-state index in [4.69, 9.17) is 4.74 Å². The van der Waals surface area contributed by atoms with Gasteiger partial charge in [-0.3, -0.25) is 0 Å². The van der Waals surface area contributed by atoms with Crippen molar-refractivity contribution in [1.29, 1.82) is 0 Å². The van der Waals surface area contributed by atoms with Crippen molar-refractivity contribution < 1.29 is 22.7 Å². The molecule has 1 aliphatic carbocycles. The summed E-state index contributed by atoms with van der Waals surface area (Å²) in [6.45, 7) is 4.02. The summed E-state index contributed by atoms with van der Waals surface area (Å²) in [6, 6.07) is 13.4. The highest BCUT2D eigenvalue weighted by molar-refractivity contribution is 5.70. The smallest absolute Gasteiger partial charge is 0.416 e. The second kappa shape index (κ2) is 10.5. The van der Waals surface area contributed by atoms with Crippen LogP contribution in [0.5, 0.6) is 5.75 Å². The fraction of sp³-hybridized carbons (Fsp3) is 0.500. The summed E-state index contributed by atoms with van der Waals surface area (Å²) in [4.78, 5) is 13.2. The number of nitrogens with zero attached hydrogens (tertiary/aromatic N) is 1. The van der Waals surface area contributed by atoms with Crippen molar-refractivity contribution in [1.82, 2.24) is 4.90 Å². The first-order valence-corrected chi connectivity index (χ1v) is 11.3. The zero-order chi connectivity index (χ0) is 23.2. The van der Waals surface area contributed by atoms with Crippen molar-refractivity contribution in [3.05, 3.63) is 65.2 Å². The summed E-state index contributed by atoms with van der Waals surface area (Å²) in [5.41, 5.74) is 1.77. The highest BCUT2D eigenvalue weighted by Crippen LogP contribution is 2.41. The lowest BCUT2D eigenvalue weighted by molar-refractivity contribution is -0.137. The van der Waals surface area contributed by atoms with E-state index in [0.29, 0.717) is 5.75 Å². The maximum absolute atomic E-state index is 12.4. The normalized spacial score (nSPS) is 20.5. The predicted octanol–water partition coefficient (Wildman–Crippen LogP) is 6.05. The van der Waals surface area contributed by atoms with E-state index < -0.39 is 11.7 Å². The number of alkyl halides is 3. The van der Waals surface area contributed by atoms with E-state index in [1.165, 1.54) is 29.7 Å². The van der Waals surface area contributed by atoms with Gasteiger partial charge in [-0.05, 0) is 81.1 Å². The SMILES string of the molecule is CCc1ccc(C2(C=O)CCC2)cc1.CN1CCCC(Oc2ccc(C(F)(F)F)cc2)C1. The van der Waals surface area contributed by atoms with Gasteiger partial charge in [0, 0.05) is 6.54 Å². The van der Waals surface area contributed by atoms with Crippen molar-refractivity contribution >= 4 is 6.29 Å². The average molecular weight is 448 g/mol. The number of hydrogen-bond donors (Lipinski definition) is 0. The first-order valence-electron chi connectivity index (χ1n) is 11.3. The Kier molecular flexibility index (Phi) is 7.99. The zero-order valence-electron chi connectivity index (χ0n) is 18.8. The third-order valence-corrected chi connectivity index (χ3v) is 6.47. The molecule has 1 atom stereocenters. The second-order valence-electron chi connectivity index (χ2n) is 8.84. The molecule has 2 fully saturated rings. The molecule has 32 heavy (non-hydrogen) atoms. The van der Waals surface area contributed by atoms with E-state index in [9.17, 15) is 18.0 Å². The van der Waals surface area contributed by atoms with Crippen LogP contribution in [0, 0.1) is 0 Å². The Labute approximate surface area is 188 Å². The summed E-state index contributed by atoms with van der Waals surface area (Å²) in [6.07, 6.45) is 3.24. The highest BCUT2D eigenvalue weighted by Gasteiger charge is 2.38. The minimum Gasteiger partial charge on any atom is -0.489 e. The van der Waals surface area contributed by atoms with Gasteiger partial charge in [-0.15, -0.1) is 0 Å². The monoisotopic (exact) mass is 447 g/mol. The summed E-state index contributed by atoms with van der Waals surface area (Å²) in [5.74, 6) is 0.503. The largest absolute Gasteiger partial charge is 0.489 e. The van der Waals surface area contributed by atoms with Gasteiger partial charge in [0.25, 0.3) is 0 Å². The summed E-state index contributed by atoms with van der Waals surface area (Å²) < 4.78 is 42.8. The molecule has 1 unspecified atom stereocenters. The van der Waals surface area contributed by atoms with Crippen molar-refractivity contribution in [3.8, 4) is 5.75 Å². The third-order valence-electron chi connectivity index (χ3n) is 6.47. The van der Waals surface area contributed by atoms with Crippen LogP contribution in [0.2, 0.25) is 0 Å². The molecule has 174 valence electrons. The number of aryl methyl sites for hydroxylation is 1. The van der Waals surface area contributed by atoms with E-state index in [0.717, 1.165) is 63.6 Å². The predicted molar refractivity (Wildman–Crippen MR) is 120 cm³/mol. The first-order chi connectivity index (χ1) is 15.3. The fourth-order valence-corrected chi connectivity index (χ4v) is 4.23. The van der Waals surface area contributed by atoms with Crippen LogP contribution < -0.4 is 4.74 Å². The van der Waals surface area contributed by atoms with Crippen molar-refractivity contribution in [3.63, 3.8) is 0 Å². The van der Waals surface area contributed by atoms with Crippen molar-refractivity contribution in [2.45, 2.75) is 63.1 Å². The Morgan fingerprint density at radius 2 is 1.72 bits per heavy atom. The molecule has 1 aliphatic heterocycles. The molecular formula is C26H32F3NO2. The Morgan fingerprint density at radius 3 is 2.19 bits per heavy atom. The van der Waals surface area contributed by atoms with Gasteiger partial charge < -0.3 is 14.4 Å². The van der Waals surface area contributed by atoms with Crippen LogP contribution in [-0.2, 0) is 22.8 Å². The molecule has 1 saturated heterocycles. The number of likely N-dealkylation sites (N-methyl/N-ethyl adjacent to an activating group) is 1. The fourth-order valence-electron chi connectivity index (χ4n) is 4.23. The van der Waals surface area contributed by atoms with Gasteiger partial charge in [-0.1, -0.05) is 37.6 Å². The molecule has 2 aromatic rings. The third kappa shape index (κ3) is 6.12. The number of carbonyl (C=O) groups excluding carboxylic acids is 1. The summed E-state index contributed by atoms with van der Waals surface area (Å²) in [7, 11) is 2.02. The minimum absolute atomic E-state index is 0.0699. The molecule has 4 rings (SSSR count). The number of carbonyl (C=O) groups is 1. The van der Waals surface area contributed by atoms with Gasteiger partial charge in [0.05, 0.1) is 11.0 Å². The Bertz CT molecular complexity index is 858. The number of ether oxygens (including phenoxy) is 1. The molecule has 0 radical (unpaired) electrons. The Morgan fingerprint density at radius 1 is 1.06 bits per heavy atom. The zero-order valence-corrected chi connectivity index (χ0v) is 18.8. The van der Waals surface area contributed by atoms with Crippen LogP contribution in [0.1, 0.15) is 55.7 Å². The molecule has 0 aromatic heterocycles. The summed E-state index contributed by atoms with van der Waals surface area (Å²) in [5, 5.41) is 0.